The number of hydrogen-bond acceptors (Lipinski definition) is 2. The molecule has 0 bridgehead atoms. The van der Waals surface area contributed by atoms with Gasteiger partial charge in [0.2, 0.25) is 0 Å². The van der Waals surface area contributed by atoms with E-state index in [9.17, 15) is 9.00 Å². The highest BCUT2D eigenvalue weighted by molar-refractivity contribution is 9.10. The lowest BCUT2D eigenvalue weighted by Crippen LogP contribution is -2.52. The zero-order valence-corrected chi connectivity index (χ0v) is 17.8. The van der Waals surface area contributed by atoms with Crippen molar-refractivity contribution in [1.82, 2.24) is 4.72 Å². The van der Waals surface area contributed by atoms with Crippen molar-refractivity contribution < 1.29 is 9.00 Å². The second-order valence-electron chi connectivity index (χ2n) is 7.65. The molecule has 0 saturated heterocycles. The van der Waals surface area contributed by atoms with Gasteiger partial charge in [0.25, 0.3) is 5.91 Å². The van der Waals surface area contributed by atoms with E-state index in [1.54, 1.807) is 4.90 Å². The number of benzene rings is 2. The molecule has 2 aromatic rings. The van der Waals surface area contributed by atoms with Crippen LogP contribution >= 0.6 is 15.9 Å². The average Bonchev–Trinajstić information content (AvgIpc) is 2.76. The topological polar surface area (TPSA) is 49.4 Å². The smallest absolute Gasteiger partial charge is 0.252 e. The number of rotatable bonds is 4. The van der Waals surface area contributed by atoms with E-state index in [0.717, 1.165) is 21.3 Å². The maximum Gasteiger partial charge on any atom is 0.252 e. The number of carbonyl (C=O) groups excluding carboxylic acids is 1. The summed E-state index contributed by atoms with van der Waals surface area (Å²) < 4.78 is 16.3. The number of hydrogen-bond donors (Lipinski definition) is 1. The fourth-order valence-corrected chi connectivity index (χ4v) is 4.23. The molecule has 4 nitrogen and oxygen atoms in total. The third-order valence-corrected chi connectivity index (χ3v) is 6.70. The van der Waals surface area contributed by atoms with Gasteiger partial charge in [-0.25, -0.2) is 8.93 Å². The molecule has 0 aliphatic carbocycles. The lowest BCUT2D eigenvalue weighted by atomic mass is 9.95. The summed E-state index contributed by atoms with van der Waals surface area (Å²) in [6.45, 7) is 7.97. The molecule has 1 aliphatic rings. The summed E-state index contributed by atoms with van der Waals surface area (Å²) in [5, 5.41) is 0. The van der Waals surface area contributed by atoms with Crippen molar-refractivity contribution in [3.63, 3.8) is 0 Å². The minimum Gasteiger partial charge on any atom is -0.306 e. The number of nitrogens with zero attached hydrogens (tertiary/aromatic N) is 1. The number of carbonyl (C=O) groups is 1. The van der Waals surface area contributed by atoms with E-state index >= 15 is 0 Å². The second kappa shape index (κ2) is 6.91. The van der Waals surface area contributed by atoms with E-state index < -0.39 is 21.3 Å². The monoisotopic (exact) mass is 434 g/mol. The molecule has 0 unspecified atom stereocenters. The van der Waals surface area contributed by atoms with Gasteiger partial charge < -0.3 is 4.90 Å². The molecule has 0 fully saturated rings. The normalized spacial score (nSPS) is 21.0. The quantitative estimate of drug-likeness (QED) is 0.780. The molecule has 1 aliphatic heterocycles. The molecule has 0 aromatic heterocycles. The summed E-state index contributed by atoms with van der Waals surface area (Å²) in [5.41, 5.74) is 1.71. The number of nitrogens with one attached hydrogen (secondary N) is 1. The third-order valence-electron chi connectivity index (χ3n) is 4.50. The van der Waals surface area contributed by atoms with Crippen LogP contribution in [0.5, 0.6) is 0 Å². The predicted molar refractivity (Wildman–Crippen MR) is 110 cm³/mol. The van der Waals surface area contributed by atoms with Crippen LogP contribution in [0.3, 0.4) is 0 Å². The minimum absolute atomic E-state index is 0.0907. The van der Waals surface area contributed by atoms with Gasteiger partial charge in [-0.2, -0.15) is 0 Å². The van der Waals surface area contributed by atoms with Crippen LogP contribution in [0.1, 0.15) is 38.8 Å². The van der Waals surface area contributed by atoms with E-state index in [1.165, 1.54) is 0 Å². The lowest BCUT2D eigenvalue weighted by Gasteiger charge is -2.29. The molecule has 6 heteroatoms. The summed E-state index contributed by atoms with van der Waals surface area (Å²) >= 11 is 3.50. The molecule has 2 atom stereocenters. The van der Waals surface area contributed by atoms with Gasteiger partial charge in [0.1, 0.15) is 5.54 Å². The van der Waals surface area contributed by atoms with Crippen LogP contribution in [0, 0.1) is 0 Å². The van der Waals surface area contributed by atoms with Crippen LogP contribution in [0.4, 0.5) is 5.69 Å². The molecule has 1 heterocycles. The Labute approximate surface area is 165 Å². The summed E-state index contributed by atoms with van der Waals surface area (Å²) in [6.07, 6.45) is 0. The fourth-order valence-electron chi connectivity index (χ4n) is 3.01. The Balaban J connectivity index is 2.03. The Morgan fingerprint density at radius 2 is 1.81 bits per heavy atom. The highest BCUT2D eigenvalue weighted by Gasteiger charge is 2.49. The van der Waals surface area contributed by atoms with Crippen LogP contribution in [0.2, 0.25) is 0 Å². The molecular formula is C20H23BrN2O2S. The second-order valence-corrected chi connectivity index (χ2v) is 10.5. The van der Waals surface area contributed by atoms with Gasteiger partial charge >= 0.3 is 0 Å². The van der Waals surface area contributed by atoms with E-state index in [4.69, 9.17) is 0 Å². The van der Waals surface area contributed by atoms with Gasteiger partial charge in [-0.15, -0.1) is 0 Å². The summed E-state index contributed by atoms with van der Waals surface area (Å²) in [4.78, 5) is 15.1. The van der Waals surface area contributed by atoms with E-state index in [1.807, 2.05) is 76.2 Å². The summed E-state index contributed by atoms with van der Waals surface area (Å²) in [5.74, 6) is -0.0907. The standard InChI is InChI=1S/C20H23BrN2O2S/c1-19(2,3)26(25)22-20(4)16-11-10-15(21)12-17(16)23(18(20)24)13-14-8-6-5-7-9-14/h5-12,22H,13H2,1-4H3/t20-,26-/m1/s1. The molecule has 138 valence electrons. The first kappa shape index (κ1) is 19.3. The Morgan fingerprint density at radius 1 is 1.15 bits per heavy atom. The number of fused-ring (bicyclic) bond motifs is 1. The molecule has 0 saturated carbocycles. The Hall–Kier alpha value is -1.50. The molecule has 1 amide bonds. The first-order valence-electron chi connectivity index (χ1n) is 8.48. The van der Waals surface area contributed by atoms with Crippen molar-refractivity contribution in [2.45, 2.75) is 44.5 Å². The fraction of sp³-hybridized carbons (Fsp3) is 0.350. The van der Waals surface area contributed by atoms with Gasteiger partial charge in [-0.05, 0) is 45.4 Å². The molecule has 0 spiro atoms. The third kappa shape index (κ3) is 3.50. The van der Waals surface area contributed by atoms with Crippen molar-refractivity contribution in [2.24, 2.45) is 0 Å². The van der Waals surface area contributed by atoms with Crippen LogP contribution < -0.4 is 9.62 Å². The zero-order valence-electron chi connectivity index (χ0n) is 15.4. The van der Waals surface area contributed by atoms with E-state index in [2.05, 4.69) is 20.7 Å². The maximum atomic E-state index is 13.4. The average molecular weight is 435 g/mol. The molecule has 0 radical (unpaired) electrons. The highest BCUT2D eigenvalue weighted by atomic mass is 79.9. The molecule has 3 rings (SSSR count). The van der Waals surface area contributed by atoms with E-state index in [-0.39, 0.29) is 5.91 Å². The van der Waals surface area contributed by atoms with Crippen molar-refractivity contribution >= 4 is 38.5 Å². The van der Waals surface area contributed by atoms with Gasteiger partial charge in [-0.3, -0.25) is 4.79 Å². The van der Waals surface area contributed by atoms with Crippen molar-refractivity contribution in [1.29, 1.82) is 0 Å². The predicted octanol–water partition coefficient (Wildman–Crippen LogP) is 4.26. The highest BCUT2D eigenvalue weighted by Crippen LogP contribution is 2.43. The molecule has 2 aromatic carbocycles. The minimum atomic E-state index is -1.37. The van der Waals surface area contributed by atoms with Gasteiger partial charge in [0.15, 0.2) is 0 Å². The van der Waals surface area contributed by atoms with Crippen molar-refractivity contribution in [3.05, 3.63) is 64.1 Å². The first-order valence-corrected chi connectivity index (χ1v) is 10.4. The Morgan fingerprint density at radius 3 is 2.42 bits per heavy atom. The largest absolute Gasteiger partial charge is 0.306 e. The Kier molecular flexibility index (Phi) is 5.12. The first-order chi connectivity index (χ1) is 12.1. The maximum absolute atomic E-state index is 13.4. The van der Waals surface area contributed by atoms with Gasteiger partial charge in [-0.1, -0.05) is 52.3 Å². The van der Waals surface area contributed by atoms with E-state index in [0.29, 0.717) is 6.54 Å². The van der Waals surface area contributed by atoms with Crippen LogP contribution in [0.25, 0.3) is 0 Å². The molecule has 26 heavy (non-hydrogen) atoms. The lowest BCUT2D eigenvalue weighted by molar-refractivity contribution is -0.123. The SMILES string of the molecule is CC(C)(C)[S@@](=O)N[C@@]1(C)C(=O)N(Cc2ccccc2)c2cc(Br)ccc21. The molecular weight excluding hydrogens is 412 g/mol. The van der Waals surface area contributed by atoms with Crippen molar-refractivity contribution in [2.75, 3.05) is 4.90 Å². The molecule has 1 N–H and O–H groups in total. The number of anilines is 1. The number of halogens is 1. The van der Waals surface area contributed by atoms with Crippen molar-refractivity contribution in [3.8, 4) is 0 Å². The summed E-state index contributed by atoms with van der Waals surface area (Å²) in [6, 6.07) is 15.7. The van der Waals surface area contributed by atoms with Gasteiger partial charge in [0.05, 0.1) is 28.0 Å². The van der Waals surface area contributed by atoms with Crippen LogP contribution in [-0.2, 0) is 27.9 Å². The van der Waals surface area contributed by atoms with Crippen LogP contribution in [-0.4, -0.2) is 14.9 Å². The summed E-state index contributed by atoms with van der Waals surface area (Å²) in [7, 11) is -1.37. The van der Waals surface area contributed by atoms with Crippen LogP contribution in [0.15, 0.2) is 53.0 Å². The Bertz CT molecular complexity index is 864. The zero-order chi connectivity index (χ0) is 19.1. The van der Waals surface area contributed by atoms with Gasteiger partial charge in [0, 0.05) is 10.0 Å². The number of amides is 1.